The molecule has 0 atom stereocenters. The number of nitrogens with zero attached hydrogens (tertiary/aromatic N) is 2. The van der Waals surface area contributed by atoms with Crippen LogP contribution in [0.5, 0.6) is 0 Å². The Bertz CT molecular complexity index is 371. The van der Waals surface area contributed by atoms with Crippen molar-refractivity contribution in [2.24, 2.45) is 0 Å². The van der Waals surface area contributed by atoms with Gasteiger partial charge in [-0.05, 0) is 51.4 Å². The van der Waals surface area contributed by atoms with Gasteiger partial charge in [0.25, 0.3) is 0 Å². The van der Waals surface area contributed by atoms with E-state index in [0.717, 1.165) is 24.2 Å². The van der Waals surface area contributed by atoms with Gasteiger partial charge in [-0.2, -0.15) is 0 Å². The van der Waals surface area contributed by atoms with Crippen LogP contribution in [-0.4, -0.2) is 37.9 Å². The zero-order valence-electron chi connectivity index (χ0n) is 17.5. The van der Waals surface area contributed by atoms with E-state index in [1.54, 1.807) is 0 Å². The van der Waals surface area contributed by atoms with Gasteiger partial charge in [-0.25, -0.2) is 8.61 Å². The van der Waals surface area contributed by atoms with Gasteiger partial charge in [0.1, 0.15) is 0 Å². The highest BCUT2D eigenvalue weighted by molar-refractivity contribution is 8.13. The van der Waals surface area contributed by atoms with Crippen molar-refractivity contribution in [3.05, 3.63) is 0 Å². The van der Waals surface area contributed by atoms with E-state index in [9.17, 15) is 0 Å². The van der Waals surface area contributed by atoms with Gasteiger partial charge in [0, 0.05) is 24.2 Å². The van der Waals surface area contributed by atoms with Crippen molar-refractivity contribution in [1.82, 2.24) is 8.61 Å². The van der Waals surface area contributed by atoms with Crippen molar-refractivity contribution in [3.63, 3.8) is 0 Å². The summed E-state index contributed by atoms with van der Waals surface area (Å²) in [6, 6.07) is 3.52. The molecule has 0 unspecified atom stereocenters. The van der Waals surface area contributed by atoms with Crippen molar-refractivity contribution in [3.8, 4) is 0 Å². The second kappa shape index (κ2) is 11.1. The van der Waals surface area contributed by atoms with E-state index >= 15 is 0 Å². The highest BCUT2D eigenvalue weighted by atomic mass is 32.2. The Hall–Kier alpha value is 0.620. The number of hydrogen-bond acceptors (Lipinski definition) is 4. The summed E-state index contributed by atoms with van der Waals surface area (Å²) in [6.45, 7) is 0. The molecule has 0 spiro atoms. The maximum Gasteiger partial charge on any atom is 0.0687 e. The van der Waals surface area contributed by atoms with Crippen LogP contribution in [0.2, 0.25) is 0 Å². The molecule has 0 aromatic heterocycles. The van der Waals surface area contributed by atoms with Crippen molar-refractivity contribution in [1.29, 1.82) is 0 Å². The van der Waals surface area contributed by atoms with Gasteiger partial charge in [-0.1, -0.05) is 88.1 Å². The minimum atomic E-state index is 0.877. The van der Waals surface area contributed by atoms with E-state index in [2.05, 4.69) is 32.5 Å². The molecule has 4 aliphatic rings. The maximum atomic E-state index is 2.92. The topological polar surface area (TPSA) is 6.48 Å². The van der Waals surface area contributed by atoms with E-state index < -0.39 is 0 Å². The third-order valence-corrected chi connectivity index (χ3v) is 10.3. The minimum absolute atomic E-state index is 0.877. The van der Waals surface area contributed by atoms with Crippen LogP contribution < -0.4 is 0 Å². The van der Waals surface area contributed by atoms with Crippen molar-refractivity contribution >= 4 is 23.9 Å². The van der Waals surface area contributed by atoms with E-state index in [4.69, 9.17) is 0 Å². The summed E-state index contributed by atoms with van der Waals surface area (Å²) < 4.78 is 5.85. The Kier molecular flexibility index (Phi) is 8.61. The maximum absolute atomic E-state index is 2.92. The quantitative estimate of drug-likeness (QED) is 0.304. The van der Waals surface area contributed by atoms with Crippen molar-refractivity contribution < 1.29 is 0 Å². The van der Waals surface area contributed by atoms with Crippen LogP contribution in [-0.2, 0) is 0 Å². The summed E-state index contributed by atoms with van der Waals surface area (Å²) in [5, 5.41) is 1.26. The predicted molar refractivity (Wildman–Crippen MR) is 122 cm³/mol. The molecule has 0 bridgehead atoms. The van der Waals surface area contributed by atoms with Gasteiger partial charge in [0.05, 0.1) is 5.08 Å². The van der Waals surface area contributed by atoms with E-state index in [0.29, 0.717) is 0 Å². The van der Waals surface area contributed by atoms with E-state index in [-0.39, 0.29) is 0 Å². The second-order valence-corrected chi connectivity index (χ2v) is 11.9. The van der Waals surface area contributed by atoms with Crippen molar-refractivity contribution in [2.45, 2.75) is 140 Å². The first-order chi connectivity index (χ1) is 13.4. The Labute approximate surface area is 177 Å². The molecule has 27 heavy (non-hydrogen) atoms. The lowest BCUT2D eigenvalue weighted by molar-refractivity contribution is 0.219. The molecule has 4 saturated carbocycles. The first-order valence-corrected chi connectivity index (χ1v) is 14.1. The summed E-state index contributed by atoms with van der Waals surface area (Å²) in [4.78, 5) is 0. The van der Waals surface area contributed by atoms with Gasteiger partial charge in [0.15, 0.2) is 0 Å². The highest BCUT2D eigenvalue weighted by Gasteiger charge is 2.33. The molecule has 0 amide bonds. The molecule has 4 heteroatoms. The van der Waals surface area contributed by atoms with E-state index in [1.165, 1.54) is 121 Å². The van der Waals surface area contributed by atoms with Crippen molar-refractivity contribution in [2.75, 3.05) is 5.08 Å². The first kappa shape index (κ1) is 20.9. The molecular weight excluding hydrogens is 368 g/mol. The summed E-state index contributed by atoms with van der Waals surface area (Å²) in [5.41, 5.74) is 0. The van der Waals surface area contributed by atoms with Gasteiger partial charge < -0.3 is 0 Å². The van der Waals surface area contributed by atoms with Gasteiger partial charge >= 0.3 is 0 Å². The number of hydrogen-bond donors (Lipinski definition) is 0. The highest BCUT2D eigenvalue weighted by Crippen LogP contribution is 2.40. The summed E-state index contributed by atoms with van der Waals surface area (Å²) in [6.07, 6.45) is 26.4. The standard InChI is InChI=1S/C23H42N2S2/c1-3-11-20(12-4-1)24(22-15-7-8-16-22)26-19-27-25(23-17-9-10-18-23)21-13-5-2-6-14-21/h20-23H,1-19H2. The largest absolute Gasteiger partial charge is 0.244 e. The molecule has 4 rings (SSSR count). The molecule has 0 aliphatic heterocycles. The van der Waals surface area contributed by atoms with Crippen LogP contribution in [0.25, 0.3) is 0 Å². The van der Waals surface area contributed by atoms with Crippen LogP contribution in [0.1, 0.15) is 116 Å². The average molecular weight is 411 g/mol. The molecule has 0 N–H and O–H groups in total. The average Bonchev–Trinajstić information content (AvgIpc) is 3.44. The summed E-state index contributed by atoms with van der Waals surface area (Å²) in [5.74, 6) is 0. The summed E-state index contributed by atoms with van der Waals surface area (Å²) >= 11 is 4.46. The molecule has 156 valence electrons. The van der Waals surface area contributed by atoms with Crippen LogP contribution in [0.15, 0.2) is 0 Å². The Balaban J connectivity index is 1.33. The molecule has 4 fully saturated rings. The van der Waals surface area contributed by atoms with Crippen LogP contribution in [0.3, 0.4) is 0 Å². The predicted octanol–water partition coefficient (Wildman–Crippen LogP) is 7.39. The fourth-order valence-corrected chi connectivity index (χ4v) is 9.00. The summed E-state index contributed by atoms with van der Waals surface area (Å²) in [7, 11) is 0. The molecule has 0 saturated heterocycles. The smallest absolute Gasteiger partial charge is 0.0687 e. The monoisotopic (exact) mass is 410 g/mol. The Morgan fingerprint density at radius 2 is 0.667 bits per heavy atom. The molecule has 4 aliphatic carbocycles. The molecular formula is C23H42N2S2. The number of rotatable bonds is 8. The van der Waals surface area contributed by atoms with Crippen LogP contribution in [0, 0.1) is 0 Å². The zero-order chi connectivity index (χ0) is 18.3. The molecule has 0 radical (unpaired) electrons. The molecule has 0 heterocycles. The second-order valence-electron chi connectivity index (χ2n) is 9.56. The van der Waals surface area contributed by atoms with Crippen LogP contribution in [0.4, 0.5) is 0 Å². The molecule has 2 nitrogen and oxygen atoms in total. The SMILES string of the molecule is C1CCC(N(SCSN(C2CCCCC2)C2CCCC2)C2CCCC2)CC1. The van der Waals surface area contributed by atoms with Gasteiger partial charge in [0.2, 0.25) is 0 Å². The Morgan fingerprint density at radius 3 is 0.963 bits per heavy atom. The normalized spacial score (nSPS) is 27.3. The fraction of sp³-hybridized carbons (Fsp3) is 1.00. The lowest BCUT2D eigenvalue weighted by Crippen LogP contribution is -2.40. The first-order valence-electron chi connectivity index (χ1n) is 12.2. The fourth-order valence-electron chi connectivity index (χ4n) is 6.15. The van der Waals surface area contributed by atoms with Crippen LogP contribution >= 0.6 is 23.9 Å². The lowest BCUT2D eigenvalue weighted by atomic mass is 9.94. The Morgan fingerprint density at radius 1 is 0.407 bits per heavy atom. The zero-order valence-corrected chi connectivity index (χ0v) is 19.1. The molecule has 0 aromatic rings. The van der Waals surface area contributed by atoms with E-state index in [1.807, 2.05) is 0 Å². The lowest BCUT2D eigenvalue weighted by Gasteiger charge is -2.40. The third kappa shape index (κ3) is 5.83. The van der Waals surface area contributed by atoms with Gasteiger partial charge in [-0.15, -0.1) is 0 Å². The third-order valence-electron chi connectivity index (χ3n) is 7.64. The molecule has 0 aromatic carbocycles. The minimum Gasteiger partial charge on any atom is -0.244 e. The van der Waals surface area contributed by atoms with Gasteiger partial charge in [-0.3, -0.25) is 0 Å².